The minimum absolute atomic E-state index is 0.434. The van der Waals surface area contributed by atoms with Gasteiger partial charge in [0.25, 0.3) is 0 Å². The summed E-state index contributed by atoms with van der Waals surface area (Å²) in [6, 6.07) is 7.98. The topological polar surface area (TPSA) is 61.0 Å². The van der Waals surface area contributed by atoms with E-state index in [0.29, 0.717) is 18.2 Å². The Morgan fingerprint density at radius 3 is 2.67 bits per heavy atom. The third kappa shape index (κ3) is 2.62. The number of nitrogens with zero attached hydrogens (tertiary/aromatic N) is 2. The van der Waals surface area contributed by atoms with Crippen LogP contribution in [0.25, 0.3) is 11.4 Å². The molecule has 0 aliphatic rings. The first kappa shape index (κ1) is 13.2. The predicted octanol–water partition coefficient (Wildman–Crippen LogP) is 2.79. The zero-order chi connectivity index (χ0) is 13.1. The molecule has 2 rings (SSSR count). The molecule has 1 heterocycles. The molecule has 4 nitrogen and oxygen atoms in total. The Bertz CT molecular complexity index is 572. The van der Waals surface area contributed by atoms with Gasteiger partial charge in [0.2, 0.25) is 0 Å². The maximum absolute atomic E-state index is 5.92. The smallest absolute Gasteiger partial charge is 0.162 e. The molecule has 94 valence electrons. The molecule has 2 aromatic rings. The van der Waals surface area contributed by atoms with E-state index >= 15 is 0 Å². The van der Waals surface area contributed by atoms with Crippen LogP contribution >= 0.6 is 22.6 Å². The average molecular weight is 355 g/mol. The summed E-state index contributed by atoms with van der Waals surface area (Å²) >= 11 is 2.14. The lowest BCUT2D eigenvalue weighted by atomic mass is 10.1. The van der Waals surface area contributed by atoms with Crippen molar-refractivity contribution in [3.05, 3.63) is 39.1 Å². The van der Waals surface area contributed by atoms with Gasteiger partial charge in [0.05, 0.1) is 15.9 Å². The summed E-state index contributed by atoms with van der Waals surface area (Å²) in [7, 11) is 1.64. The van der Waals surface area contributed by atoms with Crippen LogP contribution in [0.2, 0.25) is 0 Å². The van der Waals surface area contributed by atoms with Crippen molar-refractivity contribution < 1.29 is 4.74 Å². The lowest BCUT2D eigenvalue weighted by Crippen LogP contribution is -2.06. The van der Waals surface area contributed by atoms with E-state index in [1.807, 2.05) is 31.2 Å². The largest absolute Gasteiger partial charge is 0.383 e. The maximum Gasteiger partial charge on any atom is 0.162 e. The van der Waals surface area contributed by atoms with E-state index in [9.17, 15) is 0 Å². The molecule has 0 bridgehead atoms. The Morgan fingerprint density at radius 1 is 1.28 bits per heavy atom. The highest BCUT2D eigenvalue weighted by atomic mass is 127. The molecule has 0 spiro atoms. The van der Waals surface area contributed by atoms with E-state index in [-0.39, 0.29) is 0 Å². The van der Waals surface area contributed by atoms with Crippen molar-refractivity contribution in [1.29, 1.82) is 0 Å². The Hall–Kier alpha value is -1.21. The SMILES string of the molecule is COCc1nc(-c2ccccc2C)nc(N)c1I. The van der Waals surface area contributed by atoms with Crippen molar-refractivity contribution in [3.8, 4) is 11.4 Å². The van der Waals surface area contributed by atoms with Crippen molar-refractivity contribution in [2.45, 2.75) is 13.5 Å². The minimum Gasteiger partial charge on any atom is -0.383 e. The third-order valence-corrected chi connectivity index (χ3v) is 3.79. The first-order valence-corrected chi connectivity index (χ1v) is 6.58. The van der Waals surface area contributed by atoms with Crippen molar-refractivity contribution in [3.63, 3.8) is 0 Å². The van der Waals surface area contributed by atoms with E-state index in [1.165, 1.54) is 0 Å². The van der Waals surface area contributed by atoms with Crippen LogP contribution in [0, 0.1) is 10.5 Å². The van der Waals surface area contributed by atoms with Crippen molar-refractivity contribution in [2.75, 3.05) is 12.8 Å². The molecule has 0 amide bonds. The Labute approximate surface area is 120 Å². The number of hydrogen-bond donors (Lipinski definition) is 1. The van der Waals surface area contributed by atoms with Crippen LogP contribution in [-0.2, 0) is 11.3 Å². The molecule has 0 fully saturated rings. The molecule has 0 saturated carbocycles. The monoisotopic (exact) mass is 355 g/mol. The van der Waals surface area contributed by atoms with E-state index in [4.69, 9.17) is 10.5 Å². The summed E-state index contributed by atoms with van der Waals surface area (Å²) in [6.07, 6.45) is 0. The number of nitrogen functional groups attached to an aromatic ring is 1. The molecular formula is C13H14IN3O. The van der Waals surface area contributed by atoms with Gasteiger partial charge in [0.15, 0.2) is 5.82 Å². The van der Waals surface area contributed by atoms with Crippen LogP contribution in [0.1, 0.15) is 11.3 Å². The molecular weight excluding hydrogens is 341 g/mol. The van der Waals surface area contributed by atoms with Gasteiger partial charge in [-0.25, -0.2) is 9.97 Å². The molecule has 18 heavy (non-hydrogen) atoms. The number of anilines is 1. The van der Waals surface area contributed by atoms with Crippen LogP contribution < -0.4 is 5.73 Å². The molecule has 2 N–H and O–H groups in total. The number of nitrogens with two attached hydrogens (primary N) is 1. The van der Waals surface area contributed by atoms with E-state index < -0.39 is 0 Å². The normalized spacial score (nSPS) is 10.6. The van der Waals surface area contributed by atoms with Crippen LogP contribution in [0.5, 0.6) is 0 Å². The second-order valence-electron chi connectivity index (χ2n) is 3.94. The van der Waals surface area contributed by atoms with Gasteiger partial charge in [-0.3, -0.25) is 0 Å². The number of methoxy groups -OCH3 is 1. The summed E-state index contributed by atoms with van der Waals surface area (Å²) in [5, 5.41) is 0. The standard InChI is InChI=1S/C13H14IN3O/c1-8-5-3-4-6-9(8)13-16-10(7-18-2)11(14)12(15)17-13/h3-6H,7H2,1-2H3,(H2,15,16,17). The summed E-state index contributed by atoms with van der Waals surface area (Å²) in [5.74, 6) is 1.15. The number of hydrogen-bond acceptors (Lipinski definition) is 4. The summed E-state index contributed by atoms with van der Waals surface area (Å²) in [5.41, 5.74) is 8.87. The lowest BCUT2D eigenvalue weighted by Gasteiger charge is -2.10. The van der Waals surface area contributed by atoms with Crippen molar-refractivity contribution >= 4 is 28.4 Å². The van der Waals surface area contributed by atoms with Gasteiger partial charge in [-0.05, 0) is 35.1 Å². The fourth-order valence-corrected chi connectivity index (χ4v) is 2.09. The Balaban J connectivity index is 2.56. The van der Waals surface area contributed by atoms with Crippen LogP contribution in [0.15, 0.2) is 24.3 Å². The summed E-state index contributed by atoms with van der Waals surface area (Å²) in [4.78, 5) is 8.88. The van der Waals surface area contributed by atoms with Crippen molar-refractivity contribution in [1.82, 2.24) is 9.97 Å². The predicted molar refractivity (Wildman–Crippen MR) is 80.0 cm³/mol. The quantitative estimate of drug-likeness (QED) is 0.861. The minimum atomic E-state index is 0.434. The summed E-state index contributed by atoms with van der Waals surface area (Å²) < 4.78 is 5.99. The van der Waals surface area contributed by atoms with E-state index in [1.54, 1.807) is 7.11 Å². The van der Waals surface area contributed by atoms with Crippen LogP contribution in [0.3, 0.4) is 0 Å². The highest BCUT2D eigenvalue weighted by molar-refractivity contribution is 14.1. The van der Waals surface area contributed by atoms with Gasteiger partial charge >= 0.3 is 0 Å². The zero-order valence-electron chi connectivity index (χ0n) is 10.3. The van der Waals surface area contributed by atoms with Crippen LogP contribution in [-0.4, -0.2) is 17.1 Å². The molecule has 0 aliphatic carbocycles. The lowest BCUT2D eigenvalue weighted by molar-refractivity contribution is 0.181. The van der Waals surface area contributed by atoms with Gasteiger partial charge in [-0.1, -0.05) is 24.3 Å². The average Bonchev–Trinajstić information content (AvgIpc) is 2.35. The maximum atomic E-state index is 5.92. The highest BCUT2D eigenvalue weighted by Crippen LogP contribution is 2.24. The first-order chi connectivity index (χ1) is 8.63. The van der Waals surface area contributed by atoms with Gasteiger partial charge < -0.3 is 10.5 Å². The molecule has 0 saturated heterocycles. The zero-order valence-corrected chi connectivity index (χ0v) is 12.4. The first-order valence-electron chi connectivity index (χ1n) is 5.50. The molecule has 0 aliphatic heterocycles. The van der Waals surface area contributed by atoms with Gasteiger partial charge in [0.1, 0.15) is 5.82 Å². The number of benzene rings is 1. The highest BCUT2D eigenvalue weighted by Gasteiger charge is 2.12. The van der Waals surface area contributed by atoms with Crippen LogP contribution in [0.4, 0.5) is 5.82 Å². The molecule has 0 unspecified atom stereocenters. The molecule has 0 radical (unpaired) electrons. The third-order valence-electron chi connectivity index (χ3n) is 2.61. The summed E-state index contributed by atoms with van der Waals surface area (Å²) in [6.45, 7) is 2.46. The number of aromatic nitrogens is 2. The fourth-order valence-electron chi connectivity index (χ4n) is 1.69. The number of rotatable bonds is 3. The Morgan fingerprint density at radius 2 is 2.00 bits per heavy atom. The number of ether oxygens (including phenoxy) is 1. The van der Waals surface area contributed by atoms with Gasteiger partial charge in [-0.2, -0.15) is 0 Å². The molecule has 1 aromatic heterocycles. The molecule has 0 atom stereocenters. The van der Waals surface area contributed by atoms with E-state index in [2.05, 4.69) is 32.6 Å². The molecule has 1 aromatic carbocycles. The number of halogens is 1. The van der Waals surface area contributed by atoms with Gasteiger partial charge in [-0.15, -0.1) is 0 Å². The second-order valence-corrected chi connectivity index (χ2v) is 5.02. The fraction of sp³-hybridized carbons (Fsp3) is 0.231. The second kappa shape index (κ2) is 5.62. The van der Waals surface area contributed by atoms with E-state index in [0.717, 1.165) is 20.4 Å². The number of aryl methyl sites for hydroxylation is 1. The Kier molecular flexibility index (Phi) is 4.13. The van der Waals surface area contributed by atoms with Gasteiger partial charge in [0, 0.05) is 12.7 Å². The molecule has 5 heteroatoms. The van der Waals surface area contributed by atoms with Crippen molar-refractivity contribution in [2.24, 2.45) is 0 Å².